The Morgan fingerprint density at radius 2 is 0.800 bits per heavy atom. The molecule has 0 N–H and O–H groups in total. The Bertz CT molecular complexity index is 3260. The van der Waals surface area contributed by atoms with Gasteiger partial charge in [0.2, 0.25) is 0 Å². The van der Waals surface area contributed by atoms with Crippen LogP contribution in [-0.2, 0) is 0 Å². The van der Waals surface area contributed by atoms with E-state index in [4.69, 9.17) is 0 Å². The van der Waals surface area contributed by atoms with Crippen LogP contribution in [0.3, 0.4) is 0 Å². The fraction of sp³-hybridized carbons (Fsp3) is 0. The van der Waals surface area contributed by atoms with Gasteiger partial charge in [-0.3, -0.25) is 0 Å². The topological polar surface area (TPSA) is 8.17 Å². The minimum absolute atomic E-state index is 1.09. The number of hydrogen-bond donors (Lipinski definition) is 0. The Morgan fingerprint density at radius 1 is 0.317 bits per heavy atom. The molecule has 0 aliphatic heterocycles. The van der Waals surface area contributed by atoms with Crippen molar-refractivity contribution in [3.05, 3.63) is 243 Å². The lowest BCUT2D eigenvalue weighted by atomic mass is 9.97. The number of benzene rings is 10. The van der Waals surface area contributed by atoms with E-state index >= 15 is 0 Å². The molecule has 0 saturated heterocycles. The van der Waals surface area contributed by atoms with Crippen LogP contribution in [0.5, 0.6) is 0 Å². The third-order valence-electron chi connectivity index (χ3n) is 11.8. The Kier molecular flexibility index (Phi) is 8.87. The summed E-state index contributed by atoms with van der Waals surface area (Å²) in [6.45, 7) is 0. The predicted molar refractivity (Wildman–Crippen MR) is 255 cm³/mol. The molecule has 11 aromatic rings. The monoisotopic (exact) mass is 764 g/mol. The summed E-state index contributed by atoms with van der Waals surface area (Å²) in [5, 5.41) is 4.78. The zero-order valence-corrected chi connectivity index (χ0v) is 33.0. The van der Waals surface area contributed by atoms with Crippen molar-refractivity contribution < 1.29 is 0 Å². The van der Waals surface area contributed by atoms with E-state index in [1.165, 1.54) is 66.0 Å². The summed E-state index contributed by atoms with van der Waals surface area (Å²) in [5.74, 6) is 0. The van der Waals surface area contributed by atoms with Gasteiger partial charge in [-0.15, -0.1) is 0 Å². The molecule has 0 fully saturated rings. The molecule has 2 nitrogen and oxygen atoms in total. The number of para-hydroxylation sites is 1. The Balaban J connectivity index is 1.25. The molecule has 1 heterocycles. The third kappa shape index (κ3) is 6.23. The summed E-state index contributed by atoms with van der Waals surface area (Å²) < 4.78 is 2.49. The van der Waals surface area contributed by atoms with Gasteiger partial charge in [0.1, 0.15) is 0 Å². The lowest BCUT2D eigenvalue weighted by Gasteiger charge is -2.29. The maximum Gasteiger partial charge on any atom is 0.0640 e. The average Bonchev–Trinajstić information content (AvgIpc) is 3.68. The van der Waals surface area contributed by atoms with Gasteiger partial charge in [0.25, 0.3) is 0 Å². The van der Waals surface area contributed by atoms with E-state index in [2.05, 4.69) is 252 Å². The maximum atomic E-state index is 2.49. The number of anilines is 3. The van der Waals surface area contributed by atoms with Crippen molar-refractivity contribution >= 4 is 49.6 Å². The largest absolute Gasteiger partial charge is 0.309 e. The van der Waals surface area contributed by atoms with Crippen molar-refractivity contribution in [1.82, 2.24) is 4.57 Å². The molecule has 60 heavy (non-hydrogen) atoms. The maximum absolute atomic E-state index is 2.49. The van der Waals surface area contributed by atoms with Crippen molar-refractivity contribution in [3.8, 4) is 50.2 Å². The average molecular weight is 765 g/mol. The highest BCUT2D eigenvalue weighted by atomic mass is 15.2. The Morgan fingerprint density at radius 3 is 1.43 bits per heavy atom. The summed E-state index contributed by atoms with van der Waals surface area (Å²) in [7, 11) is 0. The van der Waals surface area contributed by atoms with Crippen molar-refractivity contribution in [3.63, 3.8) is 0 Å². The van der Waals surface area contributed by atoms with Crippen LogP contribution in [0.2, 0.25) is 0 Å². The first kappa shape index (κ1) is 35.2. The summed E-state index contributed by atoms with van der Waals surface area (Å²) in [6, 6.07) is 88.0. The zero-order chi connectivity index (χ0) is 39.8. The quantitative estimate of drug-likeness (QED) is 0.150. The number of nitrogens with zero attached hydrogens (tertiary/aromatic N) is 2. The molecule has 2 heteroatoms. The normalized spacial score (nSPS) is 11.3. The first-order valence-electron chi connectivity index (χ1n) is 20.6. The number of fused-ring (bicyclic) bond motifs is 5. The molecule has 0 radical (unpaired) electrons. The standard InChI is InChI=1S/C58H40N2/c1-5-17-41(18-6-1)44-29-34-49(35-30-44)59(54-28-16-15-26-51(54)46-23-11-4-12-24-46)56-40-48-25-13-14-27-52(48)58-57(56)53-39-47(43-21-9-3-10-22-43)33-38-55(53)60(58)50-36-31-45(32-37-50)42-19-7-2-8-20-42/h1-40H. The van der Waals surface area contributed by atoms with E-state index in [1.54, 1.807) is 0 Å². The number of aromatic nitrogens is 1. The minimum Gasteiger partial charge on any atom is -0.309 e. The van der Waals surface area contributed by atoms with Crippen LogP contribution in [0.1, 0.15) is 0 Å². The van der Waals surface area contributed by atoms with E-state index in [1.807, 2.05) is 0 Å². The molecule has 282 valence electrons. The fourth-order valence-electron chi connectivity index (χ4n) is 8.92. The van der Waals surface area contributed by atoms with Crippen molar-refractivity contribution in [2.24, 2.45) is 0 Å². The van der Waals surface area contributed by atoms with Crippen LogP contribution in [0.15, 0.2) is 243 Å². The van der Waals surface area contributed by atoms with Gasteiger partial charge >= 0.3 is 0 Å². The van der Waals surface area contributed by atoms with E-state index in [-0.39, 0.29) is 0 Å². The van der Waals surface area contributed by atoms with E-state index in [0.29, 0.717) is 0 Å². The van der Waals surface area contributed by atoms with Crippen molar-refractivity contribution in [2.75, 3.05) is 4.90 Å². The van der Waals surface area contributed by atoms with Gasteiger partial charge in [-0.1, -0.05) is 194 Å². The molecular weight excluding hydrogens is 725 g/mol. The van der Waals surface area contributed by atoms with E-state index in [9.17, 15) is 0 Å². The highest BCUT2D eigenvalue weighted by molar-refractivity contribution is 6.25. The van der Waals surface area contributed by atoms with Crippen LogP contribution in [-0.4, -0.2) is 4.57 Å². The molecule has 10 aromatic carbocycles. The molecule has 0 aliphatic carbocycles. The third-order valence-corrected chi connectivity index (χ3v) is 11.8. The van der Waals surface area contributed by atoms with Gasteiger partial charge in [-0.25, -0.2) is 0 Å². The molecule has 0 spiro atoms. The number of hydrogen-bond acceptors (Lipinski definition) is 1. The Labute approximate surface area is 350 Å². The van der Waals surface area contributed by atoms with E-state index < -0.39 is 0 Å². The molecule has 0 amide bonds. The van der Waals surface area contributed by atoms with Gasteiger partial charge in [0, 0.05) is 33.1 Å². The van der Waals surface area contributed by atoms with Gasteiger partial charge in [0.15, 0.2) is 0 Å². The first-order chi connectivity index (χ1) is 29.8. The SMILES string of the molecule is c1ccc(-c2ccc(N(c3ccccc3-c3ccccc3)c3cc4ccccc4c4c3c3cc(-c5ccccc5)ccc3n4-c3ccc(-c4ccccc4)cc3)cc2)cc1. The summed E-state index contributed by atoms with van der Waals surface area (Å²) in [4.78, 5) is 2.49. The van der Waals surface area contributed by atoms with Gasteiger partial charge in [-0.2, -0.15) is 0 Å². The second-order valence-electron chi connectivity index (χ2n) is 15.3. The van der Waals surface area contributed by atoms with Crippen molar-refractivity contribution in [1.29, 1.82) is 0 Å². The first-order valence-corrected chi connectivity index (χ1v) is 20.6. The smallest absolute Gasteiger partial charge is 0.0640 e. The van der Waals surface area contributed by atoms with Crippen LogP contribution in [0.25, 0.3) is 82.8 Å². The second kappa shape index (κ2) is 15.1. The van der Waals surface area contributed by atoms with Crippen molar-refractivity contribution in [2.45, 2.75) is 0 Å². The van der Waals surface area contributed by atoms with Gasteiger partial charge < -0.3 is 9.47 Å². The second-order valence-corrected chi connectivity index (χ2v) is 15.3. The molecule has 0 aliphatic rings. The molecule has 0 saturated carbocycles. The highest BCUT2D eigenvalue weighted by Gasteiger charge is 2.25. The number of rotatable bonds is 8. The van der Waals surface area contributed by atoms with Gasteiger partial charge in [-0.05, 0) is 92.9 Å². The molecular formula is C58H40N2. The van der Waals surface area contributed by atoms with Gasteiger partial charge in [0.05, 0.1) is 22.4 Å². The molecule has 0 bridgehead atoms. The summed E-state index contributed by atoms with van der Waals surface area (Å²) >= 11 is 0. The van der Waals surface area contributed by atoms with Crippen LogP contribution in [0.4, 0.5) is 17.1 Å². The van der Waals surface area contributed by atoms with Crippen LogP contribution in [0, 0.1) is 0 Å². The zero-order valence-electron chi connectivity index (χ0n) is 33.0. The lowest BCUT2D eigenvalue weighted by molar-refractivity contribution is 1.19. The summed E-state index contributed by atoms with van der Waals surface area (Å²) in [6.07, 6.45) is 0. The van der Waals surface area contributed by atoms with Crippen LogP contribution < -0.4 is 4.90 Å². The molecule has 0 unspecified atom stereocenters. The Hall–Kier alpha value is -7.94. The molecule has 11 rings (SSSR count). The fourth-order valence-corrected chi connectivity index (χ4v) is 8.92. The van der Waals surface area contributed by atoms with Crippen LogP contribution >= 0.6 is 0 Å². The predicted octanol–water partition coefficient (Wildman–Crippen LogP) is 16.1. The molecule has 1 aromatic heterocycles. The molecule has 0 atom stereocenters. The van der Waals surface area contributed by atoms with E-state index in [0.717, 1.165) is 33.8 Å². The minimum atomic E-state index is 1.09. The lowest BCUT2D eigenvalue weighted by Crippen LogP contribution is -2.12. The summed E-state index contributed by atoms with van der Waals surface area (Å²) in [5.41, 5.74) is 16.3. The highest BCUT2D eigenvalue weighted by Crippen LogP contribution is 2.49.